The van der Waals surface area contributed by atoms with E-state index in [0.29, 0.717) is 16.1 Å². The van der Waals surface area contributed by atoms with Crippen LogP contribution in [-0.2, 0) is 16.1 Å². The Morgan fingerprint density at radius 3 is 2.58 bits per heavy atom. The molecule has 0 atom stereocenters. The third-order valence-corrected chi connectivity index (χ3v) is 6.69. The van der Waals surface area contributed by atoms with Gasteiger partial charge in [0.2, 0.25) is 0 Å². The molecule has 2 fully saturated rings. The molecule has 1 aliphatic carbocycles. The van der Waals surface area contributed by atoms with Gasteiger partial charge in [0, 0.05) is 39.3 Å². The molecule has 4 amide bonds. The van der Waals surface area contributed by atoms with E-state index in [1.807, 2.05) is 28.8 Å². The summed E-state index contributed by atoms with van der Waals surface area (Å²) in [6, 6.07) is 11.1. The first-order chi connectivity index (χ1) is 15.9. The summed E-state index contributed by atoms with van der Waals surface area (Å²) in [6.07, 6.45) is 6.64. The third-order valence-electron chi connectivity index (χ3n) is 6.33. The van der Waals surface area contributed by atoms with Crippen LogP contribution in [0.4, 0.5) is 9.18 Å². The van der Waals surface area contributed by atoms with Crippen LogP contribution in [0.1, 0.15) is 36.8 Å². The standard InChI is InChI=1S/C25H21ClFN3O3/c26-20-9-5-10-21(27)19(20)14-29-13-15(17-8-3-4-11-22(17)29)12-18-23(31)28-25(33)30(24(18)32)16-6-1-2-7-16/h3-5,8-13,16H,1-2,6-7,14H2,(H,28,31,33)/b18-12-. The molecule has 1 saturated heterocycles. The van der Waals surface area contributed by atoms with Gasteiger partial charge in [-0.25, -0.2) is 9.18 Å². The molecule has 2 heterocycles. The maximum Gasteiger partial charge on any atom is 0.331 e. The van der Waals surface area contributed by atoms with Gasteiger partial charge in [-0.2, -0.15) is 0 Å². The Kier molecular flexibility index (Phi) is 5.50. The van der Waals surface area contributed by atoms with Gasteiger partial charge in [0.15, 0.2) is 0 Å². The number of amides is 4. The van der Waals surface area contributed by atoms with Gasteiger partial charge >= 0.3 is 6.03 Å². The zero-order valence-electron chi connectivity index (χ0n) is 17.7. The summed E-state index contributed by atoms with van der Waals surface area (Å²) in [6.45, 7) is 0.183. The van der Waals surface area contributed by atoms with Gasteiger partial charge in [-0.3, -0.25) is 19.8 Å². The molecule has 0 radical (unpaired) electrons. The van der Waals surface area contributed by atoms with Crippen molar-refractivity contribution >= 4 is 46.4 Å². The van der Waals surface area contributed by atoms with E-state index in [-0.39, 0.29) is 18.2 Å². The van der Waals surface area contributed by atoms with Crippen molar-refractivity contribution in [2.75, 3.05) is 0 Å². The number of imide groups is 2. The zero-order chi connectivity index (χ0) is 23.1. The van der Waals surface area contributed by atoms with Crippen molar-refractivity contribution in [3.05, 3.63) is 76.2 Å². The topological polar surface area (TPSA) is 71.4 Å². The van der Waals surface area contributed by atoms with Gasteiger partial charge in [-0.05, 0) is 37.1 Å². The van der Waals surface area contributed by atoms with E-state index in [9.17, 15) is 18.8 Å². The predicted octanol–water partition coefficient (Wildman–Crippen LogP) is 4.89. The molecule has 8 heteroatoms. The summed E-state index contributed by atoms with van der Waals surface area (Å²) in [5.41, 5.74) is 1.69. The number of carbonyl (C=O) groups is 3. The Morgan fingerprint density at radius 1 is 1.06 bits per heavy atom. The van der Waals surface area contributed by atoms with Crippen LogP contribution < -0.4 is 5.32 Å². The number of hydrogen-bond donors (Lipinski definition) is 1. The van der Waals surface area contributed by atoms with Crippen LogP contribution in [0.5, 0.6) is 0 Å². The first-order valence-electron chi connectivity index (χ1n) is 10.9. The monoisotopic (exact) mass is 465 g/mol. The van der Waals surface area contributed by atoms with E-state index in [1.54, 1.807) is 18.3 Å². The van der Waals surface area contributed by atoms with Crippen molar-refractivity contribution in [1.82, 2.24) is 14.8 Å². The lowest BCUT2D eigenvalue weighted by molar-refractivity contribution is -0.131. The summed E-state index contributed by atoms with van der Waals surface area (Å²) >= 11 is 6.22. The SMILES string of the molecule is O=C1NC(=O)N(C2CCCC2)C(=O)/C1=C\c1cn(Cc2c(F)cccc2Cl)c2ccccc12. The minimum atomic E-state index is -0.715. The minimum absolute atomic E-state index is 0.0895. The van der Waals surface area contributed by atoms with E-state index < -0.39 is 23.7 Å². The molecule has 2 aliphatic rings. The van der Waals surface area contributed by atoms with E-state index in [4.69, 9.17) is 11.6 Å². The van der Waals surface area contributed by atoms with E-state index >= 15 is 0 Å². The fourth-order valence-corrected chi connectivity index (χ4v) is 4.92. The van der Waals surface area contributed by atoms with E-state index in [1.165, 1.54) is 17.0 Å². The molecule has 168 valence electrons. The number of para-hydroxylation sites is 1. The van der Waals surface area contributed by atoms with E-state index in [0.717, 1.165) is 36.6 Å². The molecule has 1 aromatic heterocycles. The van der Waals surface area contributed by atoms with Crippen LogP contribution in [0.2, 0.25) is 5.02 Å². The summed E-state index contributed by atoms with van der Waals surface area (Å²) < 4.78 is 16.2. The third kappa shape index (κ3) is 3.82. The lowest BCUT2D eigenvalue weighted by atomic mass is 10.0. The van der Waals surface area contributed by atoms with Crippen LogP contribution in [-0.4, -0.2) is 33.4 Å². The van der Waals surface area contributed by atoms with Crippen molar-refractivity contribution < 1.29 is 18.8 Å². The van der Waals surface area contributed by atoms with Crippen LogP contribution in [0, 0.1) is 5.82 Å². The second-order valence-electron chi connectivity index (χ2n) is 8.36. The Balaban J connectivity index is 1.56. The summed E-state index contributed by atoms with van der Waals surface area (Å²) in [4.78, 5) is 39.3. The average Bonchev–Trinajstić information content (AvgIpc) is 3.42. The molecule has 1 saturated carbocycles. The highest BCUT2D eigenvalue weighted by atomic mass is 35.5. The highest BCUT2D eigenvalue weighted by Crippen LogP contribution is 2.30. The summed E-state index contributed by atoms with van der Waals surface area (Å²) in [5.74, 6) is -1.70. The number of benzene rings is 2. The average molecular weight is 466 g/mol. The molecule has 5 rings (SSSR count). The first kappa shape index (κ1) is 21.4. The van der Waals surface area contributed by atoms with Crippen LogP contribution in [0.15, 0.2) is 54.2 Å². The highest BCUT2D eigenvalue weighted by molar-refractivity contribution is 6.32. The van der Waals surface area contributed by atoms with Gasteiger partial charge in [-0.15, -0.1) is 0 Å². The Morgan fingerprint density at radius 2 is 1.82 bits per heavy atom. The van der Waals surface area contributed by atoms with Crippen LogP contribution in [0.3, 0.4) is 0 Å². The molecule has 6 nitrogen and oxygen atoms in total. The number of carbonyl (C=O) groups excluding carboxylic acids is 3. The number of urea groups is 1. The molecular weight excluding hydrogens is 445 g/mol. The fourth-order valence-electron chi connectivity index (χ4n) is 4.70. The molecule has 2 aromatic carbocycles. The molecule has 0 bridgehead atoms. The maximum atomic E-state index is 14.4. The number of hydrogen-bond acceptors (Lipinski definition) is 3. The highest BCUT2D eigenvalue weighted by Gasteiger charge is 2.40. The Hall–Kier alpha value is -3.45. The minimum Gasteiger partial charge on any atom is -0.342 e. The molecule has 0 spiro atoms. The van der Waals surface area contributed by atoms with Gasteiger partial charge in [0.05, 0.1) is 6.54 Å². The Labute approximate surface area is 194 Å². The largest absolute Gasteiger partial charge is 0.342 e. The van der Waals surface area contributed by atoms with Crippen LogP contribution >= 0.6 is 11.6 Å². The van der Waals surface area contributed by atoms with E-state index in [2.05, 4.69) is 5.32 Å². The summed E-state index contributed by atoms with van der Waals surface area (Å²) in [5, 5.41) is 3.42. The number of rotatable bonds is 4. The number of aromatic nitrogens is 1. The molecule has 1 N–H and O–H groups in total. The van der Waals surface area contributed by atoms with Crippen molar-refractivity contribution in [2.45, 2.75) is 38.3 Å². The molecule has 33 heavy (non-hydrogen) atoms. The second-order valence-corrected chi connectivity index (χ2v) is 8.77. The lowest BCUT2D eigenvalue weighted by Gasteiger charge is -2.31. The first-order valence-corrected chi connectivity index (χ1v) is 11.2. The van der Waals surface area contributed by atoms with Gasteiger partial charge in [0.25, 0.3) is 11.8 Å². The second kappa shape index (κ2) is 8.48. The maximum absolute atomic E-state index is 14.4. The number of fused-ring (bicyclic) bond motifs is 1. The molecule has 3 aromatic rings. The van der Waals surface area contributed by atoms with Crippen molar-refractivity contribution in [1.29, 1.82) is 0 Å². The number of barbiturate groups is 1. The van der Waals surface area contributed by atoms with Gasteiger partial charge < -0.3 is 4.57 Å². The number of nitrogens with one attached hydrogen (secondary N) is 1. The van der Waals surface area contributed by atoms with Crippen molar-refractivity contribution in [2.24, 2.45) is 0 Å². The zero-order valence-corrected chi connectivity index (χ0v) is 18.4. The predicted molar refractivity (Wildman–Crippen MR) is 123 cm³/mol. The molecule has 0 unspecified atom stereocenters. The quantitative estimate of drug-likeness (QED) is 0.440. The fraction of sp³-hybridized carbons (Fsp3) is 0.240. The molecular formula is C25H21ClFN3O3. The summed E-state index contributed by atoms with van der Waals surface area (Å²) in [7, 11) is 0. The van der Waals surface area contributed by atoms with Crippen molar-refractivity contribution in [3.8, 4) is 0 Å². The van der Waals surface area contributed by atoms with Gasteiger partial charge in [0.1, 0.15) is 11.4 Å². The Bertz CT molecular complexity index is 1300. The smallest absolute Gasteiger partial charge is 0.331 e. The van der Waals surface area contributed by atoms with Gasteiger partial charge in [-0.1, -0.05) is 48.7 Å². The normalized spacial score (nSPS) is 18.5. The number of halogens is 2. The van der Waals surface area contributed by atoms with Crippen molar-refractivity contribution in [3.63, 3.8) is 0 Å². The number of nitrogens with zero attached hydrogens (tertiary/aromatic N) is 2. The molecule has 1 aliphatic heterocycles. The van der Waals surface area contributed by atoms with Crippen LogP contribution in [0.25, 0.3) is 17.0 Å². The lowest BCUT2D eigenvalue weighted by Crippen LogP contribution is -2.57.